The summed E-state index contributed by atoms with van der Waals surface area (Å²) in [4.78, 5) is 0.161. The maximum Gasteiger partial charge on any atom is 0.245 e. The van der Waals surface area contributed by atoms with Crippen LogP contribution < -0.4 is 4.72 Å². The molecule has 2 rings (SSSR count). The smallest absolute Gasteiger partial charge is 0.245 e. The lowest BCUT2D eigenvalue weighted by molar-refractivity contribution is 0.324. The summed E-state index contributed by atoms with van der Waals surface area (Å²) < 4.78 is 27.4. The zero-order chi connectivity index (χ0) is 14.8. The van der Waals surface area contributed by atoms with Gasteiger partial charge in [0.15, 0.2) is 0 Å². The molecule has 1 saturated carbocycles. The summed E-state index contributed by atoms with van der Waals surface area (Å²) in [6.45, 7) is 3.30. The van der Waals surface area contributed by atoms with Gasteiger partial charge in [-0.15, -0.1) is 0 Å². The summed E-state index contributed by atoms with van der Waals surface area (Å²) in [5, 5.41) is 15.8. The van der Waals surface area contributed by atoms with E-state index in [1.165, 1.54) is 6.42 Å². The standard InChI is InChI=1S/C13H20N4O2S/c1-9-13(10(2)16-15-9)20(18,19)17-12(8-14)11-6-4-3-5-7-11/h11-12,17H,3-7H2,1-2H3,(H,15,16). The number of hydrogen-bond acceptors (Lipinski definition) is 4. The Hall–Kier alpha value is -1.39. The van der Waals surface area contributed by atoms with Crippen molar-refractivity contribution in [2.75, 3.05) is 0 Å². The highest BCUT2D eigenvalue weighted by Crippen LogP contribution is 2.27. The molecule has 1 aliphatic carbocycles. The van der Waals surface area contributed by atoms with Crippen molar-refractivity contribution in [3.8, 4) is 6.07 Å². The first kappa shape index (κ1) is 15.0. The number of nitrogens with one attached hydrogen (secondary N) is 2. The summed E-state index contributed by atoms with van der Waals surface area (Å²) in [5.41, 5.74) is 0.922. The largest absolute Gasteiger partial charge is 0.281 e. The molecule has 0 aromatic carbocycles. The Kier molecular flexibility index (Phi) is 4.45. The van der Waals surface area contributed by atoms with Gasteiger partial charge in [0.05, 0.1) is 17.5 Å². The Bertz CT molecular complexity index is 589. The lowest BCUT2D eigenvalue weighted by atomic mass is 9.85. The number of sulfonamides is 1. The van der Waals surface area contributed by atoms with E-state index in [1.807, 2.05) is 0 Å². The summed E-state index contributed by atoms with van der Waals surface area (Å²) >= 11 is 0. The van der Waals surface area contributed by atoms with E-state index in [4.69, 9.17) is 0 Å². The van der Waals surface area contributed by atoms with E-state index in [2.05, 4.69) is 21.0 Å². The molecule has 20 heavy (non-hydrogen) atoms. The molecule has 0 saturated heterocycles. The Labute approximate surface area is 119 Å². The summed E-state index contributed by atoms with van der Waals surface area (Å²) in [6.07, 6.45) is 5.11. The number of nitriles is 1. The number of hydrogen-bond donors (Lipinski definition) is 2. The molecule has 1 aromatic rings. The van der Waals surface area contributed by atoms with Gasteiger partial charge in [-0.1, -0.05) is 19.3 Å². The first-order valence-corrected chi connectivity index (χ1v) is 8.37. The summed E-state index contributed by atoms with van der Waals surface area (Å²) in [6, 6.07) is 1.45. The third kappa shape index (κ3) is 3.02. The van der Waals surface area contributed by atoms with E-state index in [9.17, 15) is 13.7 Å². The van der Waals surface area contributed by atoms with E-state index in [0.717, 1.165) is 25.7 Å². The quantitative estimate of drug-likeness (QED) is 0.884. The van der Waals surface area contributed by atoms with Crippen molar-refractivity contribution in [3.05, 3.63) is 11.4 Å². The minimum absolute atomic E-state index is 0.107. The Balaban J connectivity index is 2.20. The SMILES string of the molecule is Cc1n[nH]c(C)c1S(=O)(=O)NC(C#N)C1CCCCC1. The van der Waals surface area contributed by atoms with Gasteiger partial charge < -0.3 is 0 Å². The van der Waals surface area contributed by atoms with E-state index in [0.29, 0.717) is 11.4 Å². The highest BCUT2D eigenvalue weighted by molar-refractivity contribution is 7.89. The van der Waals surface area contributed by atoms with Crippen LogP contribution in [0.2, 0.25) is 0 Å². The van der Waals surface area contributed by atoms with E-state index in [-0.39, 0.29) is 10.8 Å². The van der Waals surface area contributed by atoms with Crippen molar-refractivity contribution >= 4 is 10.0 Å². The zero-order valence-electron chi connectivity index (χ0n) is 11.8. The van der Waals surface area contributed by atoms with Crippen LogP contribution in [0.15, 0.2) is 4.90 Å². The van der Waals surface area contributed by atoms with Crippen LogP contribution in [0.1, 0.15) is 43.5 Å². The predicted octanol–water partition coefficient (Wildman–Crippen LogP) is 1.78. The number of aromatic nitrogens is 2. The molecule has 1 unspecified atom stereocenters. The molecule has 1 atom stereocenters. The molecule has 1 heterocycles. The fourth-order valence-corrected chi connectivity index (χ4v) is 4.44. The van der Waals surface area contributed by atoms with E-state index < -0.39 is 16.1 Å². The number of aryl methyl sites for hydroxylation is 2. The summed E-state index contributed by atoms with van der Waals surface area (Å²) in [5.74, 6) is 0.107. The fraction of sp³-hybridized carbons (Fsp3) is 0.692. The molecular formula is C13H20N4O2S. The van der Waals surface area contributed by atoms with Crippen LogP contribution in [0.5, 0.6) is 0 Å². The highest BCUT2D eigenvalue weighted by Gasteiger charge is 2.30. The van der Waals surface area contributed by atoms with Gasteiger partial charge in [0.1, 0.15) is 10.9 Å². The second-order valence-corrected chi connectivity index (χ2v) is 7.04. The van der Waals surface area contributed by atoms with E-state index >= 15 is 0 Å². The molecule has 2 N–H and O–H groups in total. The van der Waals surface area contributed by atoms with Crippen molar-refractivity contribution in [2.45, 2.75) is 56.9 Å². The molecule has 1 fully saturated rings. The van der Waals surface area contributed by atoms with Crippen molar-refractivity contribution in [1.29, 1.82) is 5.26 Å². The van der Waals surface area contributed by atoms with Gasteiger partial charge in [-0.25, -0.2) is 8.42 Å². The number of aromatic amines is 1. The Morgan fingerprint density at radius 1 is 1.35 bits per heavy atom. The van der Waals surface area contributed by atoms with Crippen molar-refractivity contribution in [3.63, 3.8) is 0 Å². The monoisotopic (exact) mass is 296 g/mol. The minimum atomic E-state index is -3.71. The van der Waals surface area contributed by atoms with E-state index in [1.54, 1.807) is 13.8 Å². The molecule has 0 aliphatic heterocycles. The van der Waals surface area contributed by atoms with Crippen molar-refractivity contribution in [1.82, 2.24) is 14.9 Å². The topological polar surface area (TPSA) is 98.6 Å². The van der Waals surface area contributed by atoms with Crippen LogP contribution in [0, 0.1) is 31.1 Å². The third-order valence-electron chi connectivity index (χ3n) is 3.87. The zero-order valence-corrected chi connectivity index (χ0v) is 12.6. The molecule has 1 aliphatic rings. The van der Waals surface area contributed by atoms with Crippen molar-refractivity contribution in [2.24, 2.45) is 5.92 Å². The maximum atomic E-state index is 12.4. The first-order chi connectivity index (χ1) is 9.45. The Morgan fingerprint density at radius 2 is 2.00 bits per heavy atom. The van der Waals surface area contributed by atoms with Gasteiger partial charge in [-0.2, -0.15) is 15.1 Å². The Morgan fingerprint density at radius 3 is 2.50 bits per heavy atom. The molecule has 1 aromatic heterocycles. The summed E-state index contributed by atoms with van der Waals surface area (Å²) in [7, 11) is -3.71. The van der Waals surface area contributed by atoms with Crippen LogP contribution in [-0.2, 0) is 10.0 Å². The number of nitrogens with zero attached hydrogens (tertiary/aromatic N) is 2. The van der Waals surface area contributed by atoms with Crippen LogP contribution in [-0.4, -0.2) is 24.7 Å². The molecule has 0 bridgehead atoms. The second-order valence-electron chi connectivity index (χ2n) is 5.39. The van der Waals surface area contributed by atoms with Gasteiger partial charge in [0, 0.05) is 0 Å². The van der Waals surface area contributed by atoms with Crippen molar-refractivity contribution < 1.29 is 8.42 Å². The first-order valence-electron chi connectivity index (χ1n) is 6.89. The average Bonchev–Trinajstić information content (AvgIpc) is 2.77. The molecule has 0 radical (unpaired) electrons. The highest BCUT2D eigenvalue weighted by atomic mass is 32.2. The van der Waals surface area contributed by atoms with Gasteiger partial charge in [0.25, 0.3) is 0 Å². The average molecular weight is 296 g/mol. The molecule has 7 heteroatoms. The van der Waals surface area contributed by atoms with Gasteiger partial charge in [-0.3, -0.25) is 5.10 Å². The van der Waals surface area contributed by atoms with Crippen LogP contribution in [0.3, 0.4) is 0 Å². The predicted molar refractivity (Wildman–Crippen MR) is 74.4 cm³/mol. The lowest BCUT2D eigenvalue weighted by Gasteiger charge is -2.26. The normalized spacial score (nSPS) is 18.6. The number of H-pyrrole nitrogens is 1. The molecule has 0 amide bonds. The lowest BCUT2D eigenvalue weighted by Crippen LogP contribution is -2.40. The molecular weight excluding hydrogens is 276 g/mol. The second kappa shape index (κ2) is 5.94. The minimum Gasteiger partial charge on any atom is -0.281 e. The van der Waals surface area contributed by atoms with Gasteiger partial charge >= 0.3 is 0 Å². The third-order valence-corrected chi connectivity index (χ3v) is 5.57. The van der Waals surface area contributed by atoms with Crippen LogP contribution >= 0.6 is 0 Å². The van der Waals surface area contributed by atoms with Gasteiger partial charge in [-0.05, 0) is 32.6 Å². The van der Waals surface area contributed by atoms with Gasteiger partial charge in [0.2, 0.25) is 10.0 Å². The molecule has 0 spiro atoms. The fourth-order valence-electron chi connectivity index (χ4n) is 2.86. The molecule has 110 valence electrons. The van der Waals surface area contributed by atoms with Crippen LogP contribution in [0.4, 0.5) is 0 Å². The maximum absolute atomic E-state index is 12.4. The number of rotatable bonds is 4. The van der Waals surface area contributed by atoms with Crippen LogP contribution in [0.25, 0.3) is 0 Å². The molecule has 6 nitrogen and oxygen atoms in total.